The zero-order valence-electron chi connectivity index (χ0n) is 18.3. The largest absolute Gasteiger partial charge is 0.340 e. The van der Waals surface area contributed by atoms with Crippen molar-refractivity contribution in [2.75, 3.05) is 13.1 Å². The molecule has 0 unspecified atom stereocenters. The first kappa shape index (κ1) is 21.0. The summed E-state index contributed by atoms with van der Waals surface area (Å²) in [6.45, 7) is 7.11. The highest BCUT2D eigenvalue weighted by Crippen LogP contribution is 2.27. The van der Waals surface area contributed by atoms with E-state index < -0.39 is 6.04 Å². The number of amides is 2. The Morgan fingerprint density at radius 2 is 1.87 bits per heavy atom. The lowest BCUT2D eigenvalue weighted by molar-refractivity contribution is -0.135. The van der Waals surface area contributed by atoms with Crippen molar-refractivity contribution in [3.05, 3.63) is 65.6 Å². The third-order valence-corrected chi connectivity index (χ3v) is 6.05. The van der Waals surface area contributed by atoms with Gasteiger partial charge in [-0.3, -0.25) is 14.0 Å². The molecule has 0 aliphatic carbocycles. The molecule has 1 aliphatic rings. The third kappa shape index (κ3) is 4.31. The van der Waals surface area contributed by atoms with E-state index in [2.05, 4.69) is 15.5 Å². The van der Waals surface area contributed by atoms with Crippen molar-refractivity contribution >= 4 is 17.5 Å². The van der Waals surface area contributed by atoms with Gasteiger partial charge in [-0.25, -0.2) is 0 Å². The van der Waals surface area contributed by atoms with Crippen LogP contribution in [0.15, 0.2) is 48.7 Å². The molecule has 1 aromatic carbocycles. The number of fused-ring (bicyclic) bond motifs is 1. The number of benzene rings is 1. The Morgan fingerprint density at radius 1 is 1.10 bits per heavy atom. The van der Waals surface area contributed by atoms with Crippen molar-refractivity contribution in [1.29, 1.82) is 0 Å². The van der Waals surface area contributed by atoms with Crippen LogP contribution >= 0.6 is 0 Å². The maximum atomic E-state index is 13.4. The van der Waals surface area contributed by atoms with Gasteiger partial charge in [-0.2, -0.15) is 0 Å². The molecule has 4 rings (SSSR count). The lowest BCUT2D eigenvalue weighted by Gasteiger charge is -2.35. The van der Waals surface area contributed by atoms with E-state index >= 15 is 0 Å². The van der Waals surface area contributed by atoms with Crippen molar-refractivity contribution < 1.29 is 9.59 Å². The van der Waals surface area contributed by atoms with E-state index in [1.165, 1.54) is 0 Å². The molecular formula is C24H29N5O2. The summed E-state index contributed by atoms with van der Waals surface area (Å²) in [6.07, 6.45) is 3.82. The molecule has 2 amide bonds. The van der Waals surface area contributed by atoms with E-state index in [0.29, 0.717) is 18.7 Å². The Balaban J connectivity index is 1.51. The topological polar surface area (TPSA) is 79.6 Å². The molecule has 1 saturated heterocycles. The van der Waals surface area contributed by atoms with Gasteiger partial charge in [-0.15, -0.1) is 10.2 Å². The predicted molar refractivity (Wildman–Crippen MR) is 119 cm³/mol. The van der Waals surface area contributed by atoms with Gasteiger partial charge in [0, 0.05) is 30.8 Å². The second kappa shape index (κ2) is 8.88. The summed E-state index contributed by atoms with van der Waals surface area (Å²) in [4.78, 5) is 28.2. The van der Waals surface area contributed by atoms with Gasteiger partial charge in [0.15, 0.2) is 5.65 Å². The Bertz CT molecular complexity index is 1090. The molecule has 162 valence electrons. The molecule has 1 aliphatic heterocycles. The maximum Gasteiger partial charge on any atom is 0.252 e. The van der Waals surface area contributed by atoms with Gasteiger partial charge >= 0.3 is 0 Å². The minimum Gasteiger partial charge on any atom is -0.340 e. The smallest absolute Gasteiger partial charge is 0.252 e. The van der Waals surface area contributed by atoms with Crippen LogP contribution in [0.25, 0.3) is 5.65 Å². The molecule has 3 heterocycles. The zero-order valence-corrected chi connectivity index (χ0v) is 18.3. The van der Waals surface area contributed by atoms with Crippen LogP contribution in [-0.2, 0) is 4.79 Å². The van der Waals surface area contributed by atoms with Crippen LogP contribution in [0.3, 0.4) is 0 Å². The standard InChI is InChI=1S/C24H29N5O2/c1-16(2)21(25-23(30)19-11-5-4-9-17(19)3)24(31)28-13-8-10-18(15-28)22-27-26-20-12-6-7-14-29(20)22/h4-7,9,11-12,14,16,18,21H,8,10,13,15H2,1-3H3,(H,25,30)/t18-,21+/m1/s1. The van der Waals surface area contributed by atoms with Crippen molar-refractivity contribution in [3.8, 4) is 0 Å². The summed E-state index contributed by atoms with van der Waals surface area (Å²) in [6, 6.07) is 12.7. The number of aryl methyl sites for hydroxylation is 1. The molecule has 0 saturated carbocycles. The average Bonchev–Trinajstić information content (AvgIpc) is 3.21. The first-order chi connectivity index (χ1) is 15.0. The van der Waals surface area contributed by atoms with Gasteiger partial charge in [-0.1, -0.05) is 38.1 Å². The lowest BCUT2D eigenvalue weighted by atomic mass is 9.94. The first-order valence-corrected chi connectivity index (χ1v) is 10.9. The van der Waals surface area contributed by atoms with Gasteiger partial charge in [0.05, 0.1) is 0 Å². The minimum atomic E-state index is -0.569. The lowest BCUT2D eigenvalue weighted by Crippen LogP contribution is -2.53. The van der Waals surface area contributed by atoms with Crippen LogP contribution in [-0.4, -0.2) is 50.4 Å². The van der Waals surface area contributed by atoms with E-state index in [0.717, 1.165) is 29.9 Å². The fourth-order valence-electron chi connectivity index (χ4n) is 4.28. The number of carbonyl (C=O) groups excluding carboxylic acids is 2. The van der Waals surface area contributed by atoms with E-state index in [9.17, 15) is 9.59 Å². The number of carbonyl (C=O) groups is 2. The highest BCUT2D eigenvalue weighted by atomic mass is 16.2. The SMILES string of the molecule is Cc1ccccc1C(=O)N[C@H](C(=O)N1CCC[C@@H](c2nnc3ccccn23)C1)C(C)C. The van der Waals surface area contributed by atoms with Crippen LogP contribution in [0.5, 0.6) is 0 Å². The first-order valence-electron chi connectivity index (χ1n) is 10.9. The van der Waals surface area contributed by atoms with E-state index in [-0.39, 0.29) is 23.7 Å². The molecule has 31 heavy (non-hydrogen) atoms. The number of pyridine rings is 1. The second-order valence-electron chi connectivity index (χ2n) is 8.62. The Kier molecular flexibility index (Phi) is 6.02. The number of hydrogen-bond donors (Lipinski definition) is 1. The molecule has 2 aromatic heterocycles. The molecule has 3 aromatic rings. The monoisotopic (exact) mass is 419 g/mol. The molecule has 0 radical (unpaired) electrons. The van der Waals surface area contributed by atoms with Gasteiger partial charge in [0.1, 0.15) is 11.9 Å². The van der Waals surface area contributed by atoms with Crippen molar-refractivity contribution in [2.24, 2.45) is 5.92 Å². The molecule has 7 nitrogen and oxygen atoms in total. The number of nitrogens with zero attached hydrogens (tertiary/aromatic N) is 4. The number of likely N-dealkylation sites (tertiary alicyclic amines) is 1. The molecule has 1 fully saturated rings. The summed E-state index contributed by atoms with van der Waals surface area (Å²) >= 11 is 0. The number of rotatable bonds is 5. The van der Waals surface area contributed by atoms with Crippen LogP contribution in [0.2, 0.25) is 0 Å². The Morgan fingerprint density at radius 3 is 2.65 bits per heavy atom. The molecule has 7 heteroatoms. The van der Waals surface area contributed by atoms with Crippen LogP contribution < -0.4 is 5.32 Å². The highest BCUT2D eigenvalue weighted by molar-refractivity contribution is 5.98. The fraction of sp³-hybridized carbons (Fsp3) is 0.417. The fourth-order valence-corrected chi connectivity index (χ4v) is 4.28. The Labute approximate surface area is 182 Å². The molecule has 1 N–H and O–H groups in total. The zero-order chi connectivity index (χ0) is 22.0. The van der Waals surface area contributed by atoms with Crippen molar-refractivity contribution in [1.82, 2.24) is 24.8 Å². The van der Waals surface area contributed by atoms with Gasteiger partial charge in [0.2, 0.25) is 5.91 Å². The van der Waals surface area contributed by atoms with E-state index in [1.807, 2.05) is 72.7 Å². The molecule has 0 spiro atoms. The van der Waals surface area contributed by atoms with Crippen LogP contribution in [0.1, 0.15) is 54.4 Å². The highest BCUT2D eigenvalue weighted by Gasteiger charge is 2.33. The number of piperidine rings is 1. The summed E-state index contributed by atoms with van der Waals surface area (Å²) in [5.74, 6) is 0.750. The predicted octanol–water partition coefficient (Wildman–Crippen LogP) is 3.20. The number of nitrogens with one attached hydrogen (secondary N) is 1. The molecule has 0 bridgehead atoms. The average molecular weight is 420 g/mol. The third-order valence-electron chi connectivity index (χ3n) is 6.05. The quantitative estimate of drug-likeness (QED) is 0.689. The number of hydrogen-bond acceptors (Lipinski definition) is 4. The summed E-state index contributed by atoms with van der Waals surface area (Å²) in [5.41, 5.74) is 2.31. The summed E-state index contributed by atoms with van der Waals surface area (Å²) in [5, 5.41) is 11.6. The number of aromatic nitrogens is 3. The van der Waals surface area contributed by atoms with E-state index in [4.69, 9.17) is 0 Å². The molecular weight excluding hydrogens is 390 g/mol. The van der Waals surface area contributed by atoms with Crippen LogP contribution in [0, 0.1) is 12.8 Å². The van der Waals surface area contributed by atoms with Crippen LogP contribution in [0.4, 0.5) is 0 Å². The normalized spacial score (nSPS) is 17.7. The summed E-state index contributed by atoms with van der Waals surface area (Å²) in [7, 11) is 0. The minimum absolute atomic E-state index is 0.0187. The second-order valence-corrected chi connectivity index (χ2v) is 8.62. The summed E-state index contributed by atoms with van der Waals surface area (Å²) < 4.78 is 2.00. The van der Waals surface area contributed by atoms with Crippen molar-refractivity contribution in [2.45, 2.75) is 45.6 Å². The molecule has 2 atom stereocenters. The van der Waals surface area contributed by atoms with Gasteiger partial charge < -0.3 is 10.2 Å². The van der Waals surface area contributed by atoms with Crippen molar-refractivity contribution in [3.63, 3.8) is 0 Å². The van der Waals surface area contributed by atoms with Gasteiger partial charge in [0.25, 0.3) is 5.91 Å². The maximum absolute atomic E-state index is 13.4. The Hall–Kier alpha value is -3.22. The van der Waals surface area contributed by atoms with Gasteiger partial charge in [-0.05, 0) is 49.4 Å². The van der Waals surface area contributed by atoms with E-state index in [1.54, 1.807) is 6.07 Å².